The number of rotatable bonds is 6. The predicted molar refractivity (Wildman–Crippen MR) is 106 cm³/mol. The van der Waals surface area contributed by atoms with Crippen LogP contribution in [-0.2, 0) is 20.7 Å². The van der Waals surface area contributed by atoms with E-state index in [1.165, 1.54) is 31.2 Å². The molecule has 1 N–H and O–H groups in total. The van der Waals surface area contributed by atoms with Gasteiger partial charge in [-0.2, -0.15) is 5.10 Å². The summed E-state index contributed by atoms with van der Waals surface area (Å²) in [5.41, 5.74) is 4.77. The molecule has 0 saturated heterocycles. The lowest BCUT2D eigenvalue weighted by Gasteiger charge is -2.14. The predicted octanol–water partition coefficient (Wildman–Crippen LogP) is 3.30. The first kappa shape index (κ1) is 20.4. The van der Waals surface area contributed by atoms with E-state index in [4.69, 9.17) is 4.74 Å². The van der Waals surface area contributed by atoms with Crippen LogP contribution >= 0.6 is 0 Å². The number of esters is 1. The van der Waals surface area contributed by atoms with Crippen molar-refractivity contribution in [2.24, 2.45) is 0 Å². The van der Waals surface area contributed by atoms with E-state index in [2.05, 4.69) is 15.4 Å². The summed E-state index contributed by atoms with van der Waals surface area (Å²) in [5.74, 6) is -1.36. The van der Waals surface area contributed by atoms with E-state index >= 15 is 0 Å². The lowest BCUT2D eigenvalue weighted by molar-refractivity contribution is -0.153. The first-order chi connectivity index (χ1) is 13.7. The Bertz CT molecular complexity index is 1060. The summed E-state index contributed by atoms with van der Waals surface area (Å²) in [5, 5.41) is 7.00. The van der Waals surface area contributed by atoms with Gasteiger partial charge >= 0.3 is 5.97 Å². The normalized spacial score (nSPS) is 12.0. The van der Waals surface area contributed by atoms with Crippen molar-refractivity contribution in [3.63, 3.8) is 0 Å². The zero-order valence-corrected chi connectivity index (χ0v) is 16.8. The van der Waals surface area contributed by atoms with Crippen molar-refractivity contribution in [3.05, 3.63) is 58.8 Å². The van der Waals surface area contributed by atoms with Crippen molar-refractivity contribution in [1.29, 1.82) is 0 Å². The molecular weight excluding hydrogens is 375 g/mol. The zero-order valence-electron chi connectivity index (χ0n) is 16.8. The summed E-state index contributed by atoms with van der Waals surface area (Å²) in [6.07, 6.45) is -0.419. The van der Waals surface area contributed by atoms with E-state index in [0.717, 1.165) is 28.3 Å². The second kappa shape index (κ2) is 8.38. The van der Waals surface area contributed by atoms with Gasteiger partial charge < -0.3 is 10.1 Å². The van der Waals surface area contributed by atoms with Crippen molar-refractivity contribution in [3.8, 4) is 0 Å². The third kappa shape index (κ3) is 4.77. The maximum atomic E-state index is 12.9. The number of amides is 1. The number of aryl methyl sites for hydroxylation is 3. The third-order valence-electron chi connectivity index (χ3n) is 4.65. The molecule has 7 nitrogen and oxygen atoms in total. The SMILES string of the molecule is Cc1cc2nc(C)c(CCC(=O)O[C@@H](C)C(=O)Nc3ccc(F)cc3)c(C)n2n1. The minimum absolute atomic E-state index is 0.114. The van der Waals surface area contributed by atoms with Crippen LogP contribution < -0.4 is 5.32 Å². The van der Waals surface area contributed by atoms with Crippen LogP contribution in [0.2, 0.25) is 0 Å². The number of fused-ring (bicyclic) bond motifs is 1. The summed E-state index contributed by atoms with van der Waals surface area (Å²) in [4.78, 5) is 28.9. The first-order valence-electron chi connectivity index (χ1n) is 9.33. The number of carbonyl (C=O) groups is 2. The summed E-state index contributed by atoms with van der Waals surface area (Å²) in [7, 11) is 0. The fourth-order valence-corrected chi connectivity index (χ4v) is 3.12. The molecule has 2 heterocycles. The van der Waals surface area contributed by atoms with Crippen molar-refractivity contribution in [1.82, 2.24) is 14.6 Å². The van der Waals surface area contributed by atoms with Gasteiger partial charge in [-0.25, -0.2) is 13.9 Å². The Kier molecular flexibility index (Phi) is 5.91. The van der Waals surface area contributed by atoms with Crippen molar-refractivity contribution >= 4 is 23.2 Å². The number of anilines is 1. The lowest BCUT2D eigenvalue weighted by atomic mass is 10.1. The average Bonchev–Trinajstić information content (AvgIpc) is 3.03. The van der Waals surface area contributed by atoms with Gasteiger partial charge in [0.2, 0.25) is 0 Å². The number of carbonyl (C=O) groups excluding carboxylic acids is 2. The number of halogens is 1. The van der Waals surface area contributed by atoms with Gasteiger partial charge in [-0.15, -0.1) is 0 Å². The van der Waals surface area contributed by atoms with Gasteiger partial charge in [-0.05, 0) is 63.9 Å². The van der Waals surface area contributed by atoms with Gasteiger partial charge in [-0.3, -0.25) is 9.59 Å². The number of nitrogens with zero attached hydrogens (tertiary/aromatic N) is 3. The van der Waals surface area contributed by atoms with Crippen LogP contribution in [0.5, 0.6) is 0 Å². The van der Waals surface area contributed by atoms with Crippen LogP contribution in [0.4, 0.5) is 10.1 Å². The van der Waals surface area contributed by atoms with Crippen LogP contribution in [0.3, 0.4) is 0 Å². The molecule has 1 aromatic carbocycles. The molecule has 2 aromatic heterocycles. The van der Waals surface area contributed by atoms with E-state index in [1.807, 2.05) is 26.8 Å². The van der Waals surface area contributed by atoms with E-state index in [-0.39, 0.29) is 6.42 Å². The Labute approximate surface area is 167 Å². The molecule has 0 radical (unpaired) electrons. The van der Waals surface area contributed by atoms with Crippen LogP contribution in [0.1, 0.15) is 36.0 Å². The monoisotopic (exact) mass is 398 g/mol. The molecule has 0 aliphatic rings. The molecule has 3 rings (SSSR count). The Morgan fingerprint density at radius 1 is 1.21 bits per heavy atom. The summed E-state index contributed by atoms with van der Waals surface area (Å²) in [6.45, 7) is 7.23. The molecule has 152 valence electrons. The molecule has 0 bridgehead atoms. The van der Waals surface area contributed by atoms with E-state index in [1.54, 1.807) is 4.52 Å². The van der Waals surface area contributed by atoms with Crippen LogP contribution in [0.25, 0.3) is 5.65 Å². The standard InChI is InChI=1S/C21H23FN4O3/c1-12-11-19-23-13(2)18(14(3)26(19)25-12)9-10-20(27)29-15(4)21(28)24-17-7-5-16(22)6-8-17/h5-8,11,15H,9-10H2,1-4H3,(H,24,28)/t15-/m0/s1. The third-order valence-corrected chi connectivity index (χ3v) is 4.65. The molecule has 0 aliphatic carbocycles. The summed E-state index contributed by atoms with van der Waals surface area (Å²) >= 11 is 0. The van der Waals surface area contributed by atoms with E-state index in [9.17, 15) is 14.0 Å². The maximum Gasteiger partial charge on any atom is 0.306 e. The van der Waals surface area contributed by atoms with Gasteiger partial charge in [0.1, 0.15) is 5.82 Å². The van der Waals surface area contributed by atoms with Gasteiger partial charge in [-0.1, -0.05) is 0 Å². The Morgan fingerprint density at radius 2 is 1.90 bits per heavy atom. The smallest absolute Gasteiger partial charge is 0.306 e. The number of hydrogen-bond acceptors (Lipinski definition) is 5. The highest BCUT2D eigenvalue weighted by Gasteiger charge is 2.19. The number of ether oxygens (including phenoxy) is 1. The minimum Gasteiger partial charge on any atom is -0.453 e. The maximum absolute atomic E-state index is 12.9. The molecule has 0 saturated carbocycles. The molecule has 8 heteroatoms. The van der Waals surface area contributed by atoms with Crippen molar-refractivity contribution in [2.75, 3.05) is 5.32 Å². The van der Waals surface area contributed by atoms with E-state index < -0.39 is 23.8 Å². The quantitative estimate of drug-likeness (QED) is 0.644. The Morgan fingerprint density at radius 3 is 2.59 bits per heavy atom. The molecule has 3 aromatic rings. The average molecular weight is 398 g/mol. The zero-order chi connectivity index (χ0) is 21.1. The highest BCUT2D eigenvalue weighted by atomic mass is 19.1. The molecule has 1 atom stereocenters. The Balaban J connectivity index is 1.58. The summed E-state index contributed by atoms with van der Waals surface area (Å²) < 4.78 is 19.9. The number of nitrogens with one attached hydrogen (secondary N) is 1. The van der Waals surface area contributed by atoms with Crippen molar-refractivity contribution < 1.29 is 18.7 Å². The lowest BCUT2D eigenvalue weighted by Crippen LogP contribution is -2.30. The van der Waals surface area contributed by atoms with Gasteiger partial charge in [0.25, 0.3) is 5.91 Å². The van der Waals surface area contributed by atoms with Crippen molar-refractivity contribution in [2.45, 2.75) is 46.6 Å². The molecule has 0 spiro atoms. The largest absolute Gasteiger partial charge is 0.453 e. The van der Waals surface area contributed by atoms with Crippen LogP contribution in [0, 0.1) is 26.6 Å². The van der Waals surface area contributed by atoms with Gasteiger partial charge in [0.15, 0.2) is 11.8 Å². The fourth-order valence-electron chi connectivity index (χ4n) is 3.12. The molecule has 1 amide bonds. The highest BCUT2D eigenvalue weighted by Crippen LogP contribution is 2.17. The number of hydrogen-bond donors (Lipinski definition) is 1. The molecular formula is C21H23FN4O3. The molecule has 29 heavy (non-hydrogen) atoms. The topological polar surface area (TPSA) is 85.6 Å². The fraction of sp³-hybridized carbons (Fsp3) is 0.333. The number of aromatic nitrogens is 3. The minimum atomic E-state index is -0.968. The van der Waals surface area contributed by atoms with E-state index in [0.29, 0.717) is 12.1 Å². The first-order valence-corrected chi connectivity index (χ1v) is 9.33. The van der Waals surface area contributed by atoms with Gasteiger partial charge in [0.05, 0.1) is 5.69 Å². The Hall–Kier alpha value is -3.29. The molecule has 0 fully saturated rings. The van der Waals surface area contributed by atoms with Gasteiger partial charge in [0, 0.05) is 29.6 Å². The van der Waals surface area contributed by atoms with Crippen LogP contribution in [0.15, 0.2) is 30.3 Å². The molecule has 0 unspecified atom stereocenters. The second-order valence-electron chi connectivity index (χ2n) is 6.95. The highest BCUT2D eigenvalue weighted by molar-refractivity contribution is 5.95. The second-order valence-corrected chi connectivity index (χ2v) is 6.95. The number of benzene rings is 1. The molecule has 0 aliphatic heterocycles. The summed E-state index contributed by atoms with van der Waals surface area (Å²) in [6, 6.07) is 7.26. The van der Waals surface area contributed by atoms with Crippen LogP contribution in [-0.4, -0.2) is 32.6 Å².